The summed E-state index contributed by atoms with van der Waals surface area (Å²) in [6.45, 7) is 1.44. The number of nitrogens with one attached hydrogen (secondary N) is 1. The Bertz CT molecular complexity index is 1180. The molecular formula is C24H21ClN4O4. The summed E-state index contributed by atoms with van der Waals surface area (Å²) in [6, 6.07) is 20.2. The number of nitro groups is 1. The number of amides is 2. The molecule has 0 bridgehead atoms. The largest absolute Gasteiger partial charge is 0.350 e. The SMILES string of the molecule is O=C(c1ccc(Cl)cc1)N1CCN(C(=O)c2ccc(Nc3ccccc3)c([N+](=O)[O-])c2)CC1. The molecule has 0 aromatic heterocycles. The maximum atomic E-state index is 13.0. The molecule has 3 aromatic rings. The number of carbonyl (C=O) groups is 2. The summed E-state index contributed by atoms with van der Waals surface area (Å²) < 4.78 is 0. The highest BCUT2D eigenvalue weighted by molar-refractivity contribution is 6.30. The van der Waals surface area contributed by atoms with E-state index in [0.29, 0.717) is 48.1 Å². The standard InChI is InChI=1S/C24H21ClN4O4/c25-19-9-6-17(7-10-19)23(30)27-12-14-28(15-13-27)24(31)18-8-11-21(22(16-18)29(32)33)26-20-4-2-1-3-5-20/h1-11,16,26H,12-15H2. The van der Waals surface area contributed by atoms with Gasteiger partial charge >= 0.3 is 0 Å². The lowest BCUT2D eigenvalue weighted by Gasteiger charge is -2.34. The van der Waals surface area contributed by atoms with Crippen molar-refractivity contribution in [3.05, 3.63) is 99.1 Å². The van der Waals surface area contributed by atoms with Crippen LogP contribution >= 0.6 is 11.6 Å². The second-order valence-electron chi connectivity index (χ2n) is 7.57. The van der Waals surface area contributed by atoms with E-state index in [2.05, 4.69) is 5.32 Å². The van der Waals surface area contributed by atoms with Crippen LogP contribution in [-0.2, 0) is 0 Å². The van der Waals surface area contributed by atoms with Crippen molar-refractivity contribution >= 4 is 40.5 Å². The van der Waals surface area contributed by atoms with Gasteiger partial charge in [0.25, 0.3) is 17.5 Å². The van der Waals surface area contributed by atoms with Gasteiger partial charge < -0.3 is 15.1 Å². The van der Waals surface area contributed by atoms with Crippen molar-refractivity contribution in [1.29, 1.82) is 0 Å². The van der Waals surface area contributed by atoms with E-state index in [9.17, 15) is 19.7 Å². The summed E-state index contributed by atoms with van der Waals surface area (Å²) in [5.74, 6) is -0.423. The molecule has 1 aliphatic heterocycles. The van der Waals surface area contributed by atoms with E-state index in [1.807, 2.05) is 18.2 Å². The summed E-state index contributed by atoms with van der Waals surface area (Å²) in [5.41, 5.74) is 1.61. The van der Waals surface area contributed by atoms with E-state index in [1.165, 1.54) is 6.07 Å². The second-order valence-corrected chi connectivity index (χ2v) is 8.01. The smallest absolute Gasteiger partial charge is 0.293 e. The lowest BCUT2D eigenvalue weighted by molar-refractivity contribution is -0.383. The summed E-state index contributed by atoms with van der Waals surface area (Å²) in [5, 5.41) is 15.2. The highest BCUT2D eigenvalue weighted by Gasteiger charge is 2.27. The molecule has 0 radical (unpaired) electrons. The van der Waals surface area contributed by atoms with Crippen molar-refractivity contribution in [2.75, 3.05) is 31.5 Å². The minimum absolute atomic E-state index is 0.120. The summed E-state index contributed by atoms with van der Waals surface area (Å²) in [7, 11) is 0. The van der Waals surface area contributed by atoms with Crippen LogP contribution in [0.15, 0.2) is 72.8 Å². The van der Waals surface area contributed by atoms with Gasteiger partial charge in [-0.15, -0.1) is 0 Å². The fraction of sp³-hybridized carbons (Fsp3) is 0.167. The molecule has 1 aliphatic rings. The Hall–Kier alpha value is -3.91. The normalized spacial score (nSPS) is 13.5. The van der Waals surface area contributed by atoms with E-state index in [1.54, 1.807) is 58.3 Å². The van der Waals surface area contributed by atoms with Crippen LogP contribution in [0, 0.1) is 10.1 Å². The number of nitrogens with zero attached hydrogens (tertiary/aromatic N) is 3. The molecule has 1 saturated heterocycles. The van der Waals surface area contributed by atoms with Crippen molar-refractivity contribution in [2.45, 2.75) is 0 Å². The second kappa shape index (κ2) is 9.70. The van der Waals surface area contributed by atoms with Crippen molar-refractivity contribution in [1.82, 2.24) is 9.80 Å². The molecule has 8 nitrogen and oxygen atoms in total. The number of para-hydroxylation sites is 1. The van der Waals surface area contributed by atoms with Crippen LogP contribution in [0.2, 0.25) is 5.02 Å². The van der Waals surface area contributed by atoms with Gasteiger partial charge in [-0.3, -0.25) is 19.7 Å². The molecule has 33 heavy (non-hydrogen) atoms. The minimum atomic E-state index is -0.509. The molecule has 0 atom stereocenters. The Morgan fingerprint density at radius 2 is 1.36 bits per heavy atom. The minimum Gasteiger partial charge on any atom is -0.350 e. The maximum absolute atomic E-state index is 13.0. The molecule has 0 unspecified atom stereocenters. The van der Waals surface area contributed by atoms with Crippen LogP contribution in [0.5, 0.6) is 0 Å². The predicted molar refractivity (Wildman–Crippen MR) is 126 cm³/mol. The quantitative estimate of drug-likeness (QED) is 0.440. The number of piperazine rings is 1. The zero-order chi connectivity index (χ0) is 23.4. The lowest BCUT2D eigenvalue weighted by Crippen LogP contribution is -2.50. The number of hydrogen-bond acceptors (Lipinski definition) is 5. The lowest BCUT2D eigenvalue weighted by atomic mass is 10.1. The fourth-order valence-electron chi connectivity index (χ4n) is 3.67. The Morgan fingerprint density at radius 1 is 0.818 bits per heavy atom. The van der Waals surface area contributed by atoms with E-state index >= 15 is 0 Å². The van der Waals surface area contributed by atoms with E-state index in [0.717, 1.165) is 0 Å². The number of benzene rings is 3. The van der Waals surface area contributed by atoms with Gasteiger partial charge in [0.05, 0.1) is 4.92 Å². The highest BCUT2D eigenvalue weighted by Crippen LogP contribution is 2.29. The zero-order valence-corrected chi connectivity index (χ0v) is 18.4. The number of rotatable bonds is 5. The monoisotopic (exact) mass is 464 g/mol. The van der Waals surface area contributed by atoms with Crippen molar-refractivity contribution in [2.24, 2.45) is 0 Å². The third kappa shape index (κ3) is 5.12. The number of anilines is 2. The van der Waals surface area contributed by atoms with E-state index < -0.39 is 4.92 Å². The van der Waals surface area contributed by atoms with Crippen LogP contribution in [-0.4, -0.2) is 52.7 Å². The van der Waals surface area contributed by atoms with Crippen LogP contribution < -0.4 is 5.32 Å². The highest BCUT2D eigenvalue weighted by atomic mass is 35.5. The van der Waals surface area contributed by atoms with Crippen molar-refractivity contribution in [3.8, 4) is 0 Å². The molecule has 3 aromatic carbocycles. The molecule has 1 fully saturated rings. The molecular weight excluding hydrogens is 444 g/mol. The Morgan fingerprint density at radius 3 is 1.94 bits per heavy atom. The summed E-state index contributed by atoms with van der Waals surface area (Å²) in [4.78, 5) is 40.1. The molecule has 4 rings (SSSR count). The van der Waals surface area contributed by atoms with Gasteiger partial charge in [-0.25, -0.2) is 0 Å². The zero-order valence-electron chi connectivity index (χ0n) is 17.6. The van der Waals surface area contributed by atoms with Gasteiger partial charge in [0.15, 0.2) is 0 Å². The Labute approximate surface area is 195 Å². The van der Waals surface area contributed by atoms with Crippen molar-refractivity contribution < 1.29 is 14.5 Å². The predicted octanol–water partition coefficient (Wildman–Crippen LogP) is 4.59. The topological polar surface area (TPSA) is 95.8 Å². The van der Waals surface area contributed by atoms with Gasteiger partial charge in [0.2, 0.25) is 0 Å². The van der Waals surface area contributed by atoms with Crippen molar-refractivity contribution in [3.63, 3.8) is 0 Å². The number of carbonyl (C=O) groups excluding carboxylic acids is 2. The average Bonchev–Trinajstić information content (AvgIpc) is 2.84. The molecule has 1 heterocycles. The Balaban J connectivity index is 1.44. The van der Waals surface area contributed by atoms with Crippen LogP contribution in [0.4, 0.5) is 17.1 Å². The summed E-state index contributed by atoms with van der Waals surface area (Å²) in [6.07, 6.45) is 0. The first-order chi connectivity index (χ1) is 15.9. The average molecular weight is 465 g/mol. The van der Waals surface area contributed by atoms with Gasteiger partial charge in [0.1, 0.15) is 5.69 Å². The van der Waals surface area contributed by atoms with Gasteiger partial charge in [-0.05, 0) is 48.5 Å². The molecule has 0 aliphatic carbocycles. The number of nitro benzene ring substituents is 1. The number of halogens is 1. The molecule has 1 N–H and O–H groups in total. The maximum Gasteiger partial charge on any atom is 0.293 e. The first kappa shape index (κ1) is 22.3. The molecule has 9 heteroatoms. The number of hydrogen-bond donors (Lipinski definition) is 1. The van der Waals surface area contributed by atoms with Crippen LogP contribution in [0.3, 0.4) is 0 Å². The molecule has 0 saturated carbocycles. The third-order valence-corrected chi connectivity index (χ3v) is 5.69. The van der Waals surface area contributed by atoms with Crippen LogP contribution in [0.1, 0.15) is 20.7 Å². The van der Waals surface area contributed by atoms with E-state index in [-0.39, 0.29) is 23.1 Å². The summed E-state index contributed by atoms with van der Waals surface area (Å²) >= 11 is 5.88. The first-order valence-electron chi connectivity index (χ1n) is 10.4. The molecule has 2 amide bonds. The van der Waals surface area contributed by atoms with Crippen LogP contribution in [0.25, 0.3) is 0 Å². The third-order valence-electron chi connectivity index (χ3n) is 5.44. The van der Waals surface area contributed by atoms with Gasteiger partial charge in [-0.2, -0.15) is 0 Å². The first-order valence-corrected chi connectivity index (χ1v) is 10.7. The van der Waals surface area contributed by atoms with Gasteiger partial charge in [-0.1, -0.05) is 29.8 Å². The molecule has 168 valence electrons. The van der Waals surface area contributed by atoms with Gasteiger partial charge in [0, 0.05) is 54.1 Å². The Kier molecular flexibility index (Phi) is 6.55. The molecule has 0 spiro atoms. The van der Waals surface area contributed by atoms with E-state index in [4.69, 9.17) is 11.6 Å². The fourth-order valence-corrected chi connectivity index (χ4v) is 3.79.